The lowest BCUT2D eigenvalue weighted by atomic mass is 9.96. The van der Waals surface area contributed by atoms with Crippen molar-refractivity contribution in [2.45, 2.75) is 43.9 Å². The summed E-state index contributed by atoms with van der Waals surface area (Å²) < 4.78 is 79.8. The Morgan fingerprint density at radius 3 is 1.62 bits per heavy atom. The Bertz CT molecular complexity index is 808. The molecule has 5 atom stereocenters. The third-order valence-corrected chi connectivity index (χ3v) is 7.46. The molecule has 15 nitrogen and oxygen atoms in total. The van der Waals surface area contributed by atoms with Crippen LogP contribution in [0.5, 0.6) is 0 Å². The molecule has 1 heterocycles. The molecule has 0 aromatic carbocycles. The van der Waals surface area contributed by atoms with Crippen molar-refractivity contribution in [1.29, 1.82) is 0 Å². The maximum Gasteiger partial charge on any atom is 0.472 e. The minimum Gasteiger partial charge on any atom is -0.379 e. The van der Waals surface area contributed by atoms with Gasteiger partial charge >= 0.3 is 15.6 Å². The Kier molecular flexibility index (Phi) is 23.9. The summed E-state index contributed by atoms with van der Waals surface area (Å²) in [4.78, 5) is 19.2. The quantitative estimate of drug-likeness (QED) is 0.0263. The van der Waals surface area contributed by atoms with Crippen LogP contribution in [0.2, 0.25) is 0 Å². The summed E-state index contributed by atoms with van der Waals surface area (Å²) in [6.45, 7) is 2.48. The van der Waals surface area contributed by atoms with E-state index in [1.54, 1.807) is 0 Å². The minimum absolute atomic E-state index is 0.0693. The summed E-state index contributed by atoms with van der Waals surface area (Å²) in [5, 5.41) is 0. The Morgan fingerprint density at radius 1 is 0.738 bits per heavy atom. The van der Waals surface area contributed by atoms with E-state index in [0.29, 0.717) is 71.9 Å². The zero-order valence-corrected chi connectivity index (χ0v) is 26.3. The highest BCUT2D eigenvalue weighted by Gasteiger charge is 2.35. The highest BCUT2D eigenvalue weighted by atomic mass is 32.1. The molecule has 0 saturated carbocycles. The van der Waals surface area contributed by atoms with E-state index < -0.39 is 33.9 Å². The van der Waals surface area contributed by atoms with Crippen molar-refractivity contribution in [3.8, 4) is 12.3 Å². The number of ether oxygens (including phenoxy) is 6. The minimum atomic E-state index is -4.28. The molecular formula is C23H43BO15P2S. The van der Waals surface area contributed by atoms with Gasteiger partial charge < -0.3 is 42.4 Å². The topological polar surface area (TPSA) is 176 Å². The lowest BCUT2D eigenvalue weighted by Gasteiger charge is -2.18. The predicted octanol–water partition coefficient (Wildman–Crippen LogP) is 1.65. The number of phosphoric acid groups is 2. The molecule has 42 heavy (non-hydrogen) atoms. The van der Waals surface area contributed by atoms with Crippen molar-refractivity contribution in [1.82, 2.24) is 0 Å². The first-order valence-corrected chi connectivity index (χ1v) is 16.8. The zero-order valence-electron chi connectivity index (χ0n) is 23.7. The second kappa shape index (κ2) is 25.1. The average molecular weight is 664 g/mol. The van der Waals surface area contributed by atoms with Crippen molar-refractivity contribution < 1.29 is 69.6 Å². The Hall–Kier alpha value is -0.0851. The third-order valence-electron chi connectivity index (χ3n) is 5.19. The Balaban J connectivity index is 1.81. The van der Waals surface area contributed by atoms with Gasteiger partial charge in [0.2, 0.25) is 0 Å². The molecule has 5 unspecified atom stereocenters. The molecule has 0 amide bonds. The normalized spacial score (nSPS) is 21.6. The standard InChI is InChI=1S/C23H43BO15P2S/c1-2-3-4-5-6-34-40(25,26)35-17-15-32-13-11-30-9-7-29-8-10-31-12-14-33-16-18-36-41(27,28)37-20-22-21(39-42)19-23(24)38-22/h1,21-23,42H,3-20H2,(H,25,26)(H,27,28). The highest BCUT2D eigenvalue weighted by molar-refractivity contribution is 7.75. The molecule has 0 bridgehead atoms. The number of terminal acetylenes is 1. The average Bonchev–Trinajstić information content (AvgIpc) is 3.32. The van der Waals surface area contributed by atoms with Gasteiger partial charge in [-0.05, 0) is 32.2 Å². The molecule has 1 rings (SSSR count). The summed E-state index contributed by atoms with van der Waals surface area (Å²) in [6, 6.07) is -0.554. The van der Waals surface area contributed by atoms with Crippen molar-refractivity contribution in [2.24, 2.45) is 0 Å². The molecule has 0 aliphatic carbocycles. The van der Waals surface area contributed by atoms with Gasteiger partial charge in [0.1, 0.15) is 20.1 Å². The van der Waals surface area contributed by atoms with Gasteiger partial charge in [0.05, 0.1) is 92.5 Å². The van der Waals surface area contributed by atoms with Gasteiger partial charge in [0.25, 0.3) is 0 Å². The molecule has 2 radical (unpaired) electrons. The van der Waals surface area contributed by atoms with Crippen LogP contribution in [0.15, 0.2) is 0 Å². The van der Waals surface area contributed by atoms with E-state index in [4.69, 9.17) is 65.0 Å². The molecule has 1 saturated heterocycles. The molecule has 0 aromatic heterocycles. The van der Waals surface area contributed by atoms with Crippen LogP contribution >= 0.6 is 28.6 Å². The molecule has 19 heteroatoms. The van der Waals surface area contributed by atoms with Crippen LogP contribution in [0, 0.1) is 12.3 Å². The predicted molar refractivity (Wildman–Crippen MR) is 153 cm³/mol. The maximum atomic E-state index is 11.9. The SMILES string of the molecule is [B]C1CC(OS)C(COP(=O)(O)OCCOCCOCCOCCOCCOCCOP(=O)(O)OCCCCC#C)O1. The van der Waals surface area contributed by atoms with E-state index >= 15 is 0 Å². The highest BCUT2D eigenvalue weighted by Crippen LogP contribution is 2.44. The number of hydrogen-bond donors (Lipinski definition) is 3. The van der Waals surface area contributed by atoms with Crippen LogP contribution in [-0.4, -0.2) is 128 Å². The van der Waals surface area contributed by atoms with Gasteiger partial charge in [-0.25, -0.2) is 9.13 Å². The largest absolute Gasteiger partial charge is 0.472 e. The first-order valence-electron chi connectivity index (χ1n) is 13.5. The van der Waals surface area contributed by atoms with Crippen molar-refractivity contribution >= 4 is 36.4 Å². The van der Waals surface area contributed by atoms with Gasteiger partial charge in [0.15, 0.2) is 0 Å². The van der Waals surface area contributed by atoms with E-state index in [0.717, 1.165) is 0 Å². The third kappa shape index (κ3) is 22.4. The molecule has 0 aromatic rings. The van der Waals surface area contributed by atoms with E-state index in [9.17, 15) is 18.9 Å². The van der Waals surface area contributed by atoms with Crippen LogP contribution in [0.3, 0.4) is 0 Å². The molecule has 1 aliphatic rings. The Labute approximate surface area is 254 Å². The van der Waals surface area contributed by atoms with Gasteiger partial charge in [0, 0.05) is 12.4 Å². The van der Waals surface area contributed by atoms with Gasteiger partial charge in [-0.15, -0.1) is 12.3 Å². The van der Waals surface area contributed by atoms with Gasteiger partial charge in [-0.3, -0.25) is 18.1 Å². The molecule has 1 aliphatic heterocycles. The number of phosphoric ester groups is 2. The maximum absolute atomic E-state index is 11.9. The molecular weight excluding hydrogens is 621 g/mol. The van der Waals surface area contributed by atoms with Crippen LogP contribution in [0.25, 0.3) is 0 Å². The number of hydrogen-bond acceptors (Lipinski definition) is 14. The lowest BCUT2D eigenvalue weighted by molar-refractivity contribution is -0.0167. The van der Waals surface area contributed by atoms with Crippen molar-refractivity contribution in [2.75, 3.05) is 92.5 Å². The first-order chi connectivity index (χ1) is 20.2. The number of unbranched alkanes of at least 4 members (excludes halogenated alkanes) is 2. The summed E-state index contributed by atoms with van der Waals surface area (Å²) in [5.74, 6) is 2.48. The molecule has 1 fully saturated rings. The fourth-order valence-electron chi connectivity index (χ4n) is 3.16. The van der Waals surface area contributed by atoms with E-state index in [-0.39, 0.29) is 46.2 Å². The second-order valence-corrected chi connectivity index (χ2v) is 11.7. The van der Waals surface area contributed by atoms with Crippen LogP contribution in [0.1, 0.15) is 25.7 Å². The fraction of sp³-hybridized carbons (Fsp3) is 0.913. The van der Waals surface area contributed by atoms with Gasteiger partial charge in [-0.1, -0.05) is 0 Å². The fourth-order valence-corrected chi connectivity index (χ4v) is 4.84. The smallest absolute Gasteiger partial charge is 0.379 e. The lowest BCUT2D eigenvalue weighted by Crippen LogP contribution is -2.27. The summed E-state index contributed by atoms with van der Waals surface area (Å²) in [7, 11) is -2.71. The Morgan fingerprint density at radius 2 is 1.17 bits per heavy atom. The van der Waals surface area contributed by atoms with Crippen LogP contribution in [-0.2, 0) is 59.8 Å². The number of rotatable bonds is 29. The zero-order chi connectivity index (χ0) is 30.9. The van der Waals surface area contributed by atoms with E-state index in [2.05, 4.69) is 18.8 Å². The van der Waals surface area contributed by atoms with Crippen molar-refractivity contribution in [3.05, 3.63) is 0 Å². The first kappa shape index (κ1) is 39.9. The van der Waals surface area contributed by atoms with Crippen LogP contribution < -0.4 is 0 Å². The molecule has 244 valence electrons. The van der Waals surface area contributed by atoms with Crippen molar-refractivity contribution in [3.63, 3.8) is 0 Å². The second-order valence-electron chi connectivity index (χ2n) is 8.55. The number of thiol groups is 1. The van der Waals surface area contributed by atoms with Crippen LogP contribution in [0.4, 0.5) is 0 Å². The summed E-state index contributed by atoms with van der Waals surface area (Å²) in [5.41, 5.74) is 0. The summed E-state index contributed by atoms with van der Waals surface area (Å²) >= 11 is 3.73. The molecule has 0 spiro atoms. The van der Waals surface area contributed by atoms with E-state index in [1.807, 2.05) is 0 Å². The van der Waals surface area contributed by atoms with E-state index in [1.165, 1.54) is 0 Å². The van der Waals surface area contributed by atoms with Gasteiger partial charge in [-0.2, -0.15) is 0 Å². The molecule has 2 N–H and O–H groups in total. The monoisotopic (exact) mass is 664 g/mol. The summed E-state index contributed by atoms with van der Waals surface area (Å²) in [6.07, 6.45) is 6.34.